The maximum absolute atomic E-state index is 11.6. The molecule has 4 rings (SSSR count). The number of carbonyl (C=O) groups excluding carboxylic acids is 1. The number of benzene rings is 1. The van der Waals surface area contributed by atoms with Crippen LogP contribution >= 0.6 is 0 Å². The van der Waals surface area contributed by atoms with Crippen molar-refractivity contribution in [3.63, 3.8) is 0 Å². The van der Waals surface area contributed by atoms with Gasteiger partial charge >= 0.3 is 0 Å². The Bertz CT molecular complexity index is 781. The number of piperazine rings is 1. The van der Waals surface area contributed by atoms with E-state index in [4.69, 9.17) is 4.74 Å². The zero-order valence-corrected chi connectivity index (χ0v) is 15.7. The van der Waals surface area contributed by atoms with Gasteiger partial charge in [0.1, 0.15) is 0 Å². The van der Waals surface area contributed by atoms with Crippen LogP contribution in [0.15, 0.2) is 36.7 Å². The zero-order valence-electron chi connectivity index (χ0n) is 15.7. The Morgan fingerprint density at radius 3 is 2.26 bits per heavy atom. The fraction of sp³-hybridized carbons (Fsp3) is 0.450. The topological polar surface area (TPSA) is 61.8 Å². The zero-order chi connectivity index (χ0) is 18.6. The Morgan fingerprint density at radius 2 is 1.59 bits per heavy atom. The molecule has 0 saturated carbocycles. The molecule has 0 unspecified atom stereocenters. The highest BCUT2D eigenvalue weighted by Gasteiger charge is 2.21. The Kier molecular flexibility index (Phi) is 5.20. The van der Waals surface area contributed by atoms with Gasteiger partial charge in [0, 0.05) is 75.4 Å². The molecule has 2 aliphatic heterocycles. The number of aromatic nitrogens is 2. The molecule has 2 aromatic rings. The summed E-state index contributed by atoms with van der Waals surface area (Å²) >= 11 is 0. The van der Waals surface area contributed by atoms with Crippen molar-refractivity contribution in [2.75, 3.05) is 62.3 Å². The highest BCUT2D eigenvalue weighted by Crippen LogP contribution is 2.31. The summed E-state index contributed by atoms with van der Waals surface area (Å²) in [6.45, 7) is 7.93. The third-order valence-electron chi connectivity index (χ3n) is 5.21. The first kappa shape index (κ1) is 17.7. The van der Waals surface area contributed by atoms with Gasteiger partial charge in [-0.1, -0.05) is 18.2 Å². The normalized spacial score (nSPS) is 17.9. The highest BCUT2D eigenvalue weighted by atomic mass is 16.5. The van der Waals surface area contributed by atoms with Crippen molar-refractivity contribution in [3.05, 3.63) is 36.7 Å². The molecule has 0 N–H and O–H groups in total. The van der Waals surface area contributed by atoms with Crippen LogP contribution in [0.4, 0.5) is 11.6 Å². The van der Waals surface area contributed by atoms with Crippen LogP contribution in [0.25, 0.3) is 11.1 Å². The van der Waals surface area contributed by atoms with E-state index in [1.165, 1.54) is 5.69 Å². The first-order valence-electron chi connectivity index (χ1n) is 9.47. The van der Waals surface area contributed by atoms with Crippen molar-refractivity contribution < 1.29 is 9.53 Å². The Morgan fingerprint density at radius 1 is 0.926 bits per heavy atom. The van der Waals surface area contributed by atoms with Gasteiger partial charge in [0.25, 0.3) is 0 Å². The lowest BCUT2D eigenvalue weighted by molar-refractivity contribution is -0.129. The lowest BCUT2D eigenvalue weighted by Crippen LogP contribution is -2.48. The molecule has 2 fully saturated rings. The van der Waals surface area contributed by atoms with Gasteiger partial charge < -0.3 is 19.4 Å². The van der Waals surface area contributed by atoms with E-state index in [0.717, 1.165) is 69.6 Å². The van der Waals surface area contributed by atoms with Crippen LogP contribution in [0.5, 0.6) is 0 Å². The maximum atomic E-state index is 11.6. The molecule has 0 atom stereocenters. The molecule has 2 aliphatic rings. The van der Waals surface area contributed by atoms with E-state index < -0.39 is 0 Å². The molecule has 1 aromatic heterocycles. The molecular formula is C20H25N5O2. The Labute approximate surface area is 159 Å². The van der Waals surface area contributed by atoms with Crippen LogP contribution in [-0.4, -0.2) is 73.3 Å². The highest BCUT2D eigenvalue weighted by molar-refractivity contribution is 5.78. The van der Waals surface area contributed by atoms with Gasteiger partial charge in [-0.25, -0.2) is 9.97 Å². The minimum absolute atomic E-state index is 0.148. The van der Waals surface area contributed by atoms with Gasteiger partial charge in [0.15, 0.2) is 0 Å². The van der Waals surface area contributed by atoms with E-state index in [9.17, 15) is 4.79 Å². The molecule has 0 radical (unpaired) electrons. The number of para-hydroxylation sites is 1. The molecule has 3 heterocycles. The summed E-state index contributed by atoms with van der Waals surface area (Å²) < 4.78 is 5.39. The fourth-order valence-electron chi connectivity index (χ4n) is 3.64. The smallest absolute Gasteiger partial charge is 0.225 e. The van der Waals surface area contributed by atoms with E-state index in [-0.39, 0.29) is 5.91 Å². The SMILES string of the molecule is CC(=O)N1CCN(c2ccccc2-c2cnc(N3CCOCC3)nc2)CC1. The van der Waals surface area contributed by atoms with Gasteiger partial charge in [-0.05, 0) is 6.07 Å². The Hall–Kier alpha value is -2.67. The molecule has 1 aromatic carbocycles. The minimum atomic E-state index is 0.148. The quantitative estimate of drug-likeness (QED) is 0.822. The molecule has 27 heavy (non-hydrogen) atoms. The van der Waals surface area contributed by atoms with Crippen molar-refractivity contribution in [2.45, 2.75) is 6.92 Å². The summed E-state index contributed by atoms with van der Waals surface area (Å²) in [5, 5.41) is 0. The average molecular weight is 367 g/mol. The summed E-state index contributed by atoms with van der Waals surface area (Å²) in [6, 6.07) is 8.34. The van der Waals surface area contributed by atoms with Crippen molar-refractivity contribution in [1.29, 1.82) is 0 Å². The van der Waals surface area contributed by atoms with Crippen LogP contribution < -0.4 is 9.80 Å². The van der Waals surface area contributed by atoms with Crippen LogP contribution in [0.1, 0.15) is 6.92 Å². The molecule has 0 aliphatic carbocycles. The standard InChI is InChI=1S/C20H25N5O2/c1-16(26)23-6-8-24(9-7-23)19-5-3-2-4-18(19)17-14-21-20(22-15-17)25-10-12-27-13-11-25/h2-5,14-15H,6-13H2,1H3. The number of nitrogens with zero attached hydrogens (tertiary/aromatic N) is 5. The monoisotopic (exact) mass is 367 g/mol. The number of ether oxygens (including phenoxy) is 1. The summed E-state index contributed by atoms with van der Waals surface area (Å²) in [5.74, 6) is 0.907. The van der Waals surface area contributed by atoms with Crippen molar-refractivity contribution in [3.8, 4) is 11.1 Å². The molecule has 7 heteroatoms. The lowest BCUT2D eigenvalue weighted by Gasteiger charge is -2.36. The van der Waals surface area contributed by atoms with Gasteiger partial charge in [-0.3, -0.25) is 4.79 Å². The second-order valence-corrected chi connectivity index (χ2v) is 6.88. The van der Waals surface area contributed by atoms with Gasteiger partial charge in [-0.2, -0.15) is 0 Å². The summed E-state index contributed by atoms with van der Waals surface area (Å²) in [4.78, 5) is 27.1. The van der Waals surface area contributed by atoms with Crippen molar-refractivity contribution in [2.24, 2.45) is 0 Å². The number of morpholine rings is 1. The molecular weight excluding hydrogens is 342 g/mol. The molecule has 0 bridgehead atoms. The van der Waals surface area contributed by atoms with Crippen LogP contribution in [0.3, 0.4) is 0 Å². The minimum Gasteiger partial charge on any atom is -0.378 e. The molecule has 0 spiro atoms. The maximum Gasteiger partial charge on any atom is 0.225 e. The first-order chi connectivity index (χ1) is 13.2. The molecule has 1 amide bonds. The van der Waals surface area contributed by atoms with E-state index in [0.29, 0.717) is 0 Å². The summed E-state index contributed by atoms with van der Waals surface area (Å²) in [5.41, 5.74) is 3.31. The van der Waals surface area contributed by atoms with Crippen LogP contribution in [0.2, 0.25) is 0 Å². The number of hydrogen-bond acceptors (Lipinski definition) is 6. The van der Waals surface area contributed by atoms with Gasteiger partial charge in [0.2, 0.25) is 11.9 Å². The third-order valence-corrected chi connectivity index (χ3v) is 5.21. The van der Waals surface area contributed by atoms with Gasteiger partial charge in [0.05, 0.1) is 13.2 Å². The lowest BCUT2D eigenvalue weighted by atomic mass is 10.1. The van der Waals surface area contributed by atoms with E-state index in [1.807, 2.05) is 23.4 Å². The summed E-state index contributed by atoms with van der Waals surface area (Å²) in [7, 11) is 0. The number of amides is 1. The predicted molar refractivity (Wildman–Crippen MR) is 105 cm³/mol. The van der Waals surface area contributed by atoms with Crippen molar-refractivity contribution in [1.82, 2.24) is 14.9 Å². The molecule has 2 saturated heterocycles. The number of hydrogen-bond donors (Lipinski definition) is 0. The second-order valence-electron chi connectivity index (χ2n) is 6.88. The van der Waals surface area contributed by atoms with E-state index in [1.54, 1.807) is 6.92 Å². The van der Waals surface area contributed by atoms with Crippen LogP contribution in [0, 0.1) is 0 Å². The van der Waals surface area contributed by atoms with E-state index >= 15 is 0 Å². The average Bonchev–Trinajstić information content (AvgIpc) is 2.74. The number of carbonyl (C=O) groups is 1. The number of anilines is 2. The largest absolute Gasteiger partial charge is 0.378 e. The van der Waals surface area contributed by atoms with Crippen molar-refractivity contribution >= 4 is 17.5 Å². The third kappa shape index (κ3) is 3.88. The first-order valence-corrected chi connectivity index (χ1v) is 9.47. The van der Waals surface area contributed by atoms with Gasteiger partial charge in [-0.15, -0.1) is 0 Å². The fourth-order valence-corrected chi connectivity index (χ4v) is 3.64. The molecule has 7 nitrogen and oxygen atoms in total. The van der Waals surface area contributed by atoms with Crippen LogP contribution in [-0.2, 0) is 9.53 Å². The van der Waals surface area contributed by atoms with E-state index in [2.05, 4.69) is 38.0 Å². The summed E-state index contributed by atoms with van der Waals surface area (Å²) in [6.07, 6.45) is 3.81. The number of rotatable bonds is 3. The molecule has 142 valence electrons. The second kappa shape index (κ2) is 7.92. The Balaban J connectivity index is 1.53. The predicted octanol–water partition coefficient (Wildman–Crippen LogP) is 1.65.